The molecule has 0 bridgehead atoms. The molecule has 1 unspecified atom stereocenters. The van der Waals surface area contributed by atoms with E-state index in [2.05, 4.69) is 5.32 Å². The van der Waals surface area contributed by atoms with Gasteiger partial charge in [0.25, 0.3) is 0 Å². The molecule has 0 saturated carbocycles. The average molecular weight is 428 g/mol. The molecule has 0 aromatic heterocycles. The van der Waals surface area contributed by atoms with Gasteiger partial charge in [0.2, 0.25) is 5.91 Å². The van der Waals surface area contributed by atoms with E-state index in [0.717, 1.165) is 5.56 Å². The Morgan fingerprint density at radius 2 is 1.52 bits per heavy atom. The largest absolute Gasteiger partial charge is 0.480 e. The number of aliphatic carboxylic acids is 1. The van der Waals surface area contributed by atoms with Crippen molar-refractivity contribution in [1.82, 2.24) is 5.32 Å². The topological polar surface area (TPSA) is 145 Å². The van der Waals surface area contributed by atoms with Gasteiger partial charge in [-0.25, -0.2) is 4.79 Å². The van der Waals surface area contributed by atoms with Crippen LogP contribution in [0.25, 0.3) is 0 Å². The molecule has 0 spiro atoms. The predicted molar refractivity (Wildman–Crippen MR) is 110 cm³/mol. The van der Waals surface area contributed by atoms with E-state index in [9.17, 15) is 24.3 Å². The lowest BCUT2D eigenvalue weighted by Gasteiger charge is -2.19. The molecule has 2 atom stereocenters. The van der Waals surface area contributed by atoms with Crippen LogP contribution in [0.15, 0.2) is 48.5 Å². The summed E-state index contributed by atoms with van der Waals surface area (Å²) in [5, 5.41) is 12.0. The highest BCUT2D eigenvalue weighted by molar-refractivity contribution is 5.87. The normalized spacial score (nSPS) is 12.4. The molecule has 0 fully saturated rings. The summed E-state index contributed by atoms with van der Waals surface area (Å²) in [4.78, 5) is 46.7. The summed E-state index contributed by atoms with van der Waals surface area (Å²) in [7, 11) is 0. The second kappa shape index (κ2) is 10.9. The quantitative estimate of drug-likeness (QED) is 0.399. The lowest BCUT2D eigenvalue weighted by atomic mass is 10.0. The lowest BCUT2D eigenvalue weighted by molar-refractivity contribution is -0.142. The van der Waals surface area contributed by atoms with E-state index in [-0.39, 0.29) is 24.3 Å². The molecule has 4 N–H and O–H groups in total. The molecular formula is C22H24N2O7. The fraction of sp³-hybridized carbons (Fsp3) is 0.273. The Balaban J connectivity index is 2.13. The number of carboxylic acid groups (broad SMARTS) is 1. The number of carbonyl (C=O) groups is 4. The number of benzene rings is 2. The van der Waals surface area contributed by atoms with Crippen LogP contribution in [-0.2, 0) is 32.0 Å². The van der Waals surface area contributed by atoms with E-state index < -0.39 is 35.9 Å². The minimum atomic E-state index is -1.26. The summed E-state index contributed by atoms with van der Waals surface area (Å²) >= 11 is 0. The maximum absolute atomic E-state index is 12.4. The summed E-state index contributed by atoms with van der Waals surface area (Å²) in [5.74, 6) is -3.11. The number of ether oxygens (including phenoxy) is 2. The van der Waals surface area contributed by atoms with E-state index in [1.54, 1.807) is 0 Å². The van der Waals surface area contributed by atoms with Gasteiger partial charge in [-0.1, -0.05) is 36.4 Å². The van der Waals surface area contributed by atoms with Crippen molar-refractivity contribution in [3.8, 4) is 11.5 Å². The Morgan fingerprint density at radius 3 is 2.10 bits per heavy atom. The van der Waals surface area contributed by atoms with E-state index in [1.807, 2.05) is 30.3 Å². The molecule has 0 radical (unpaired) electrons. The predicted octanol–water partition coefficient (Wildman–Crippen LogP) is 1.22. The summed E-state index contributed by atoms with van der Waals surface area (Å²) in [5.41, 5.74) is 7.22. The summed E-state index contributed by atoms with van der Waals surface area (Å²) in [6, 6.07) is 11.2. The van der Waals surface area contributed by atoms with Crippen LogP contribution in [0.3, 0.4) is 0 Å². The molecule has 31 heavy (non-hydrogen) atoms. The molecule has 2 rings (SSSR count). The summed E-state index contributed by atoms with van der Waals surface area (Å²) < 4.78 is 10.0. The first kappa shape index (κ1) is 23.6. The SMILES string of the molecule is CC(=O)Oc1ccc(C[C@H](NC(=O)C(N)Cc2ccccc2)C(=O)O)cc1OC(C)=O. The van der Waals surface area contributed by atoms with E-state index in [1.165, 1.54) is 32.0 Å². The third-order valence-corrected chi connectivity index (χ3v) is 4.21. The van der Waals surface area contributed by atoms with Gasteiger partial charge >= 0.3 is 17.9 Å². The van der Waals surface area contributed by atoms with Crippen LogP contribution in [-0.4, -0.2) is 41.0 Å². The van der Waals surface area contributed by atoms with Gasteiger partial charge in [0.15, 0.2) is 11.5 Å². The van der Waals surface area contributed by atoms with Crippen LogP contribution in [0.4, 0.5) is 0 Å². The first-order chi connectivity index (χ1) is 14.7. The number of hydrogen-bond donors (Lipinski definition) is 3. The number of rotatable bonds is 9. The number of hydrogen-bond acceptors (Lipinski definition) is 7. The van der Waals surface area contributed by atoms with Crippen molar-refractivity contribution in [2.45, 2.75) is 38.8 Å². The maximum atomic E-state index is 12.4. The van der Waals surface area contributed by atoms with Crippen LogP contribution in [0.2, 0.25) is 0 Å². The third kappa shape index (κ3) is 7.56. The highest BCUT2D eigenvalue weighted by Crippen LogP contribution is 2.29. The molecule has 164 valence electrons. The molecular weight excluding hydrogens is 404 g/mol. The Morgan fingerprint density at radius 1 is 0.903 bits per heavy atom. The zero-order chi connectivity index (χ0) is 23.0. The zero-order valence-corrected chi connectivity index (χ0v) is 17.2. The van der Waals surface area contributed by atoms with Crippen molar-refractivity contribution in [1.29, 1.82) is 0 Å². The van der Waals surface area contributed by atoms with E-state index in [0.29, 0.717) is 5.56 Å². The fourth-order valence-electron chi connectivity index (χ4n) is 2.83. The minimum absolute atomic E-state index is 0.0206. The van der Waals surface area contributed by atoms with Crippen molar-refractivity contribution in [3.63, 3.8) is 0 Å². The van der Waals surface area contributed by atoms with Crippen LogP contribution >= 0.6 is 0 Å². The molecule has 0 aliphatic rings. The number of amides is 1. The Kier molecular flexibility index (Phi) is 8.27. The van der Waals surface area contributed by atoms with Gasteiger partial charge in [-0.15, -0.1) is 0 Å². The van der Waals surface area contributed by atoms with E-state index in [4.69, 9.17) is 15.2 Å². The van der Waals surface area contributed by atoms with Crippen molar-refractivity contribution >= 4 is 23.8 Å². The smallest absolute Gasteiger partial charge is 0.326 e. The summed E-state index contributed by atoms with van der Waals surface area (Å²) in [6.07, 6.45) is 0.153. The van der Waals surface area contributed by atoms with Gasteiger partial charge in [0, 0.05) is 20.3 Å². The van der Waals surface area contributed by atoms with E-state index >= 15 is 0 Å². The van der Waals surface area contributed by atoms with Gasteiger partial charge < -0.3 is 25.6 Å². The van der Waals surface area contributed by atoms with Crippen molar-refractivity contribution in [2.75, 3.05) is 0 Å². The molecule has 2 aromatic rings. The molecule has 2 aromatic carbocycles. The highest BCUT2D eigenvalue weighted by atomic mass is 16.6. The van der Waals surface area contributed by atoms with Crippen LogP contribution in [0, 0.1) is 0 Å². The zero-order valence-electron chi connectivity index (χ0n) is 17.2. The second-order valence-electron chi connectivity index (χ2n) is 6.87. The van der Waals surface area contributed by atoms with Gasteiger partial charge in [-0.3, -0.25) is 14.4 Å². The number of nitrogens with two attached hydrogens (primary N) is 1. The molecule has 0 aliphatic heterocycles. The average Bonchev–Trinajstić information content (AvgIpc) is 2.69. The minimum Gasteiger partial charge on any atom is -0.480 e. The number of nitrogens with one attached hydrogen (secondary N) is 1. The molecule has 0 saturated heterocycles. The Bertz CT molecular complexity index is 960. The molecule has 9 heteroatoms. The number of carbonyl (C=O) groups excluding carboxylic acids is 3. The van der Waals surface area contributed by atoms with Gasteiger partial charge in [-0.2, -0.15) is 0 Å². The van der Waals surface area contributed by atoms with Crippen LogP contribution in [0.5, 0.6) is 11.5 Å². The van der Waals surface area contributed by atoms with Gasteiger partial charge in [0.1, 0.15) is 6.04 Å². The van der Waals surface area contributed by atoms with Crippen molar-refractivity contribution in [3.05, 3.63) is 59.7 Å². The molecule has 1 amide bonds. The first-order valence-corrected chi connectivity index (χ1v) is 9.48. The Labute approximate surface area is 179 Å². The summed E-state index contributed by atoms with van der Waals surface area (Å²) in [6.45, 7) is 2.37. The Hall–Kier alpha value is -3.72. The molecule has 9 nitrogen and oxygen atoms in total. The van der Waals surface area contributed by atoms with Gasteiger partial charge in [-0.05, 0) is 29.7 Å². The van der Waals surface area contributed by atoms with Gasteiger partial charge in [0.05, 0.1) is 6.04 Å². The molecule has 0 aliphatic carbocycles. The third-order valence-electron chi connectivity index (χ3n) is 4.21. The second-order valence-corrected chi connectivity index (χ2v) is 6.87. The van der Waals surface area contributed by atoms with Crippen molar-refractivity contribution in [2.24, 2.45) is 5.73 Å². The standard InChI is InChI=1S/C22H24N2O7/c1-13(25)30-19-9-8-16(12-20(19)31-14(2)26)11-18(22(28)29)24-21(27)17(23)10-15-6-4-3-5-7-15/h3-9,12,17-18H,10-11,23H2,1-2H3,(H,24,27)(H,28,29)/t17?,18-/m0/s1. The number of esters is 2. The first-order valence-electron chi connectivity index (χ1n) is 9.48. The van der Waals surface area contributed by atoms with Crippen LogP contribution in [0.1, 0.15) is 25.0 Å². The van der Waals surface area contributed by atoms with Crippen LogP contribution < -0.4 is 20.5 Å². The fourth-order valence-corrected chi connectivity index (χ4v) is 2.83. The number of carboxylic acids is 1. The van der Waals surface area contributed by atoms with Crippen molar-refractivity contribution < 1.29 is 33.8 Å². The lowest BCUT2D eigenvalue weighted by Crippen LogP contribution is -2.50. The highest BCUT2D eigenvalue weighted by Gasteiger charge is 2.24. The monoisotopic (exact) mass is 428 g/mol. The molecule has 0 heterocycles. The maximum Gasteiger partial charge on any atom is 0.326 e.